The van der Waals surface area contributed by atoms with E-state index in [0.717, 1.165) is 63.4 Å². The van der Waals surface area contributed by atoms with Crippen molar-refractivity contribution in [1.29, 1.82) is 10.5 Å². The fraction of sp³-hybridized carbons (Fsp3) is 0.367. The first-order chi connectivity index (χ1) is 18.1. The number of nitriles is 2. The molecule has 3 aliphatic heterocycles. The summed E-state index contributed by atoms with van der Waals surface area (Å²) in [4.78, 5) is 22.4. The van der Waals surface area contributed by atoms with E-state index >= 15 is 0 Å². The van der Waals surface area contributed by atoms with Gasteiger partial charge in [0.25, 0.3) is 5.91 Å². The lowest BCUT2D eigenvalue weighted by molar-refractivity contribution is -0.127. The number of anilines is 1. The van der Waals surface area contributed by atoms with Crippen LogP contribution in [0.25, 0.3) is 0 Å². The van der Waals surface area contributed by atoms with Crippen LogP contribution in [0.2, 0.25) is 0 Å². The van der Waals surface area contributed by atoms with Crippen LogP contribution in [0, 0.1) is 22.7 Å². The second-order valence-corrected chi connectivity index (χ2v) is 9.94. The van der Waals surface area contributed by atoms with E-state index < -0.39 is 0 Å². The van der Waals surface area contributed by atoms with Crippen molar-refractivity contribution in [3.05, 3.63) is 89.1 Å². The summed E-state index contributed by atoms with van der Waals surface area (Å²) in [5.41, 5.74) is 4.48. The third kappa shape index (κ3) is 5.85. The van der Waals surface area contributed by atoms with Crippen molar-refractivity contribution < 1.29 is 4.79 Å². The van der Waals surface area contributed by atoms with Crippen LogP contribution in [-0.2, 0) is 11.3 Å². The lowest BCUT2D eigenvalue weighted by Gasteiger charge is -2.40. The summed E-state index contributed by atoms with van der Waals surface area (Å²) in [6, 6.07) is 20.3. The Morgan fingerprint density at radius 2 is 1.46 bits per heavy atom. The van der Waals surface area contributed by atoms with Crippen LogP contribution in [0.5, 0.6) is 0 Å². The largest absolute Gasteiger partial charge is 0.370 e. The highest BCUT2D eigenvalue weighted by Crippen LogP contribution is 2.23. The summed E-state index contributed by atoms with van der Waals surface area (Å²) in [7, 11) is 0. The Morgan fingerprint density at radius 1 is 0.838 bits per heavy atom. The zero-order valence-electron chi connectivity index (χ0n) is 21.1. The van der Waals surface area contributed by atoms with Crippen molar-refractivity contribution in [1.82, 2.24) is 14.7 Å². The van der Waals surface area contributed by atoms with E-state index in [1.807, 2.05) is 59.5 Å². The molecule has 0 aromatic heterocycles. The van der Waals surface area contributed by atoms with Gasteiger partial charge in [0.1, 0.15) is 0 Å². The molecule has 37 heavy (non-hydrogen) atoms. The molecule has 2 fully saturated rings. The van der Waals surface area contributed by atoms with E-state index in [4.69, 9.17) is 10.5 Å². The van der Waals surface area contributed by atoms with Crippen LogP contribution in [0.3, 0.4) is 0 Å². The molecule has 2 saturated heterocycles. The molecule has 7 heteroatoms. The van der Waals surface area contributed by atoms with Crippen LogP contribution in [0.4, 0.5) is 5.69 Å². The predicted octanol–water partition coefficient (Wildman–Crippen LogP) is 3.50. The van der Waals surface area contributed by atoms with Crippen molar-refractivity contribution in [2.24, 2.45) is 0 Å². The standard InChI is InChI=1S/C30H32N6O/c31-20-24-3-5-26(6-4-24)22-33-14-11-29(12-15-33)36-13-1-2-27(23-36)30(37)35-18-16-34(17-19-35)28-9-7-25(21-32)8-10-28/h1-10,23,29H,11-19,22H2. The van der Waals surface area contributed by atoms with E-state index in [1.54, 1.807) is 0 Å². The summed E-state index contributed by atoms with van der Waals surface area (Å²) in [5, 5.41) is 18.0. The Balaban J connectivity index is 1.12. The molecule has 7 nitrogen and oxygen atoms in total. The second-order valence-electron chi connectivity index (χ2n) is 9.94. The van der Waals surface area contributed by atoms with E-state index in [-0.39, 0.29) is 5.91 Å². The van der Waals surface area contributed by atoms with E-state index in [2.05, 4.69) is 39.1 Å². The highest BCUT2D eigenvalue weighted by molar-refractivity contribution is 5.96. The zero-order chi connectivity index (χ0) is 25.6. The van der Waals surface area contributed by atoms with Crippen molar-refractivity contribution in [3.8, 4) is 12.1 Å². The fourth-order valence-corrected chi connectivity index (χ4v) is 5.41. The number of piperidine rings is 1. The maximum absolute atomic E-state index is 13.3. The molecule has 2 aromatic carbocycles. The first-order valence-electron chi connectivity index (χ1n) is 13.0. The average molecular weight is 493 g/mol. The van der Waals surface area contributed by atoms with Gasteiger partial charge in [0, 0.05) is 70.3 Å². The van der Waals surface area contributed by atoms with Gasteiger partial charge in [0.2, 0.25) is 0 Å². The van der Waals surface area contributed by atoms with Gasteiger partial charge in [-0.3, -0.25) is 9.69 Å². The first-order valence-corrected chi connectivity index (χ1v) is 13.0. The molecule has 0 unspecified atom stereocenters. The molecule has 188 valence electrons. The van der Waals surface area contributed by atoms with E-state index in [1.165, 1.54) is 5.56 Å². The number of carbonyl (C=O) groups is 1. The SMILES string of the molecule is N#Cc1ccc(CN2CCC(N3C=C(C(=O)N4CCN(c5ccc(C#N)cc5)CC4)C=CC3)CC2)cc1. The molecule has 0 bridgehead atoms. The number of piperazine rings is 1. The van der Waals surface area contributed by atoms with Gasteiger partial charge in [-0.2, -0.15) is 10.5 Å². The van der Waals surface area contributed by atoms with Crippen molar-refractivity contribution in [2.45, 2.75) is 25.4 Å². The van der Waals surface area contributed by atoms with Crippen molar-refractivity contribution in [3.63, 3.8) is 0 Å². The number of carbonyl (C=O) groups excluding carboxylic acids is 1. The molecule has 1 amide bonds. The van der Waals surface area contributed by atoms with Crippen molar-refractivity contribution in [2.75, 3.05) is 50.7 Å². The predicted molar refractivity (Wildman–Crippen MR) is 143 cm³/mol. The monoisotopic (exact) mass is 492 g/mol. The molecule has 3 heterocycles. The zero-order valence-corrected chi connectivity index (χ0v) is 21.1. The number of rotatable bonds is 5. The number of likely N-dealkylation sites (tertiary alicyclic amines) is 1. The van der Waals surface area contributed by atoms with E-state index in [9.17, 15) is 4.79 Å². The van der Waals surface area contributed by atoms with Crippen LogP contribution in [-0.4, -0.2) is 72.5 Å². The van der Waals surface area contributed by atoms with Gasteiger partial charge in [-0.05, 0) is 54.8 Å². The third-order valence-electron chi connectivity index (χ3n) is 7.61. The molecule has 0 saturated carbocycles. The highest BCUT2D eigenvalue weighted by atomic mass is 16.2. The molecule has 0 aliphatic carbocycles. The molecule has 0 N–H and O–H groups in total. The van der Waals surface area contributed by atoms with Gasteiger partial charge in [-0.25, -0.2) is 0 Å². The third-order valence-corrected chi connectivity index (χ3v) is 7.61. The Bertz CT molecular complexity index is 1230. The topological polar surface area (TPSA) is 77.6 Å². The second kappa shape index (κ2) is 11.3. The van der Waals surface area contributed by atoms with Crippen LogP contribution < -0.4 is 4.90 Å². The lowest BCUT2D eigenvalue weighted by Crippen LogP contribution is -2.49. The summed E-state index contributed by atoms with van der Waals surface area (Å²) in [5.74, 6) is 0.110. The highest BCUT2D eigenvalue weighted by Gasteiger charge is 2.27. The van der Waals surface area contributed by atoms with Gasteiger partial charge < -0.3 is 14.7 Å². The summed E-state index contributed by atoms with van der Waals surface area (Å²) in [6.45, 7) is 6.77. The van der Waals surface area contributed by atoms with Gasteiger partial charge in [0.15, 0.2) is 0 Å². The summed E-state index contributed by atoms with van der Waals surface area (Å²) in [6.07, 6.45) is 8.32. The molecule has 2 aromatic rings. The summed E-state index contributed by atoms with van der Waals surface area (Å²) >= 11 is 0. The van der Waals surface area contributed by atoms with Crippen molar-refractivity contribution >= 4 is 11.6 Å². The molecular formula is C30H32N6O. The average Bonchev–Trinajstić information content (AvgIpc) is 2.98. The molecule has 5 rings (SSSR count). The van der Waals surface area contributed by atoms with Gasteiger partial charge in [-0.15, -0.1) is 0 Å². The Labute approximate surface area is 219 Å². The van der Waals surface area contributed by atoms with E-state index in [0.29, 0.717) is 30.3 Å². The molecule has 0 radical (unpaired) electrons. The van der Waals surface area contributed by atoms with Crippen LogP contribution in [0.1, 0.15) is 29.5 Å². The number of nitrogens with zero attached hydrogens (tertiary/aromatic N) is 6. The maximum atomic E-state index is 13.3. The molecular weight excluding hydrogens is 460 g/mol. The fourth-order valence-electron chi connectivity index (χ4n) is 5.41. The number of hydrogen-bond acceptors (Lipinski definition) is 6. The quantitative estimate of drug-likeness (QED) is 0.636. The van der Waals surface area contributed by atoms with Crippen LogP contribution in [0.15, 0.2) is 72.5 Å². The molecule has 0 spiro atoms. The maximum Gasteiger partial charge on any atom is 0.255 e. The normalized spacial score (nSPS) is 18.8. The van der Waals surface area contributed by atoms with Gasteiger partial charge in [-0.1, -0.05) is 24.3 Å². The smallest absolute Gasteiger partial charge is 0.255 e. The van der Waals surface area contributed by atoms with Gasteiger partial charge in [0.05, 0.1) is 28.8 Å². The number of benzene rings is 2. The first kappa shape index (κ1) is 24.6. The summed E-state index contributed by atoms with van der Waals surface area (Å²) < 4.78 is 0. The number of hydrogen-bond donors (Lipinski definition) is 0. The Morgan fingerprint density at radius 3 is 2.08 bits per heavy atom. The molecule has 0 atom stereocenters. The number of amides is 1. The molecule has 3 aliphatic rings. The van der Waals surface area contributed by atoms with Crippen LogP contribution >= 0.6 is 0 Å². The minimum atomic E-state index is 0.110. The minimum Gasteiger partial charge on any atom is -0.370 e. The van der Waals surface area contributed by atoms with Gasteiger partial charge >= 0.3 is 0 Å². The minimum absolute atomic E-state index is 0.110. The Kier molecular flexibility index (Phi) is 7.54. The lowest BCUT2D eigenvalue weighted by atomic mass is 10.0. The Hall–Kier alpha value is -4.07.